The van der Waals surface area contributed by atoms with Crippen molar-refractivity contribution in [2.45, 2.75) is 32.3 Å². The third-order valence-electron chi connectivity index (χ3n) is 2.90. The Kier molecular flexibility index (Phi) is 2.87. The second-order valence-electron chi connectivity index (χ2n) is 4.41. The molecule has 0 radical (unpaired) electrons. The van der Waals surface area contributed by atoms with Crippen molar-refractivity contribution in [1.82, 2.24) is 0 Å². The van der Waals surface area contributed by atoms with Gasteiger partial charge in [0, 0.05) is 6.42 Å². The lowest BCUT2D eigenvalue weighted by Crippen LogP contribution is -2.24. The average molecular weight is 204 g/mol. The van der Waals surface area contributed by atoms with Gasteiger partial charge < -0.3 is 5.11 Å². The second kappa shape index (κ2) is 4.15. The van der Waals surface area contributed by atoms with Crippen LogP contribution in [0.2, 0.25) is 0 Å². The van der Waals surface area contributed by atoms with Crippen LogP contribution in [-0.2, 0) is 11.2 Å². The molecule has 2 nitrogen and oxygen atoms in total. The second-order valence-corrected chi connectivity index (χ2v) is 4.41. The molecule has 0 bridgehead atoms. The molecule has 0 aliphatic heterocycles. The van der Waals surface area contributed by atoms with Gasteiger partial charge in [0.25, 0.3) is 0 Å². The Labute approximate surface area is 89.9 Å². The van der Waals surface area contributed by atoms with Crippen molar-refractivity contribution >= 4 is 5.78 Å². The number of aryl methyl sites for hydroxylation is 1. The Morgan fingerprint density at radius 2 is 2.00 bits per heavy atom. The van der Waals surface area contributed by atoms with Crippen LogP contribution in [-0.4, -0.2) is 17.0 Å². The van der Waals surface area contributed by atoms with E-state index in [0.717, 1.165) is 18.4 Å². The lowest BCUT2D eigenvalue weighted by atomic mass is 10.0. The topological polar surface area (TPSA) is 37.3 Å². The molecule has 1 unspecified atom stereocenters. The van der Waals surface area contributed by atoms with E-state index in [4.69, 9.17) is 0 Å². The summed E-state index contributed by atoms with van der Waals surface area (Å²) in [5, 5.41) is 9.62. The van der Waals surface area contributed by atoms with Crippen molar-refractivity contribution in [2.24, 2.45) is 5.92 Å². The number of carbonyl (C=O) groups excluding carboxylic acids is 1. The first kappa shape index (κ1) is 10.4. The summed E-state index contributed by atoms with van der Waals surface area (Å²) >= 11 is 0. The van der Waals surface area contributed by atoms with Crippen molar-refractivity contribution < 1.29 is 9.90 Å². The predicted molar refractivity (Wildman–Crippen MR) is 58.6 cm³/mol. The molecule has 0 aromatic heterocycles. The highest BCUT2D eigenvalue weighted by Crippen LogP contribution is 2.33. The molecular formula is C13H16O2. The van der Waals surface area contributed by atoms with Crippen LogP contribution in [0.15, 0.2) is 24.3 Å². The first-order valence-corrected chi connectivity index (χ1v) is 5.43. The summed E-state index contributed by atoms with van der Waals surface area (Å²) in [5.41, 5.74) is 2.18. The zero-order valence-electron chi connectivity index (χ0n) is 8.94. The Hall–Kier alpha value is -1.15. The van der Waals surface area contributed by atoms with E-state index in [2.05, 4.69) is 0 Å². The molecule has 15 heavy (non-hydrogen) atoms. The van der Waals surface area contributed by atoms with Gasteiger partial charge in [-0.1, -0.05) is 29.8 Å². The molecule has 2 heteroatoms. The van der Waals surface area contributed by atoms with Gasteiger partial charge in [-0.15, -0.1) is 0 Å². The molecule has 80 valence electrons. The van der Waals surface area contributed by atoms with Gasteiger partial charge in [0.2, 0.25) is 0 Å². The normalized spacial score (nSPS) is 17.5. The minimum atomic E-state index is -0.730. The largest absolute Gasteiger partial charge is 0.385 e. The van der Waals surface area contributed by atoms with E-state index >= 15 is 0 Å². The average Bonchev–Trinajstić information content (AvgIpc) is 3.04. The summed E-state index contributed by atoms with van der Waals surface area (Å²) in [4.78, 5) is 11.6. The quantitative estimate of drug-likeness (QED) is 0.813. The molecule has 1 aromatic rings. The van der Waals surface area contributed by atoms with E-state index in [-0.39, 0.29) is 11.7 Å². The fourth-order valence-electron chi connectivity index (χ4n) is 1.69. The molecule has 1 aromatic carbocycles. The molecule has 0 heterocycles. The molecule has 1 aliphatic rings. The van der Waals surface area contributed by atoms with Crippen molar-refractivity contribution in [2.75, 3.05) is 0 Å². The van der Waals surface area contributed by atoms with Crippen LogP contribution in [0.5, 0.6) is 0 Å². The third-order valence-corrected chi connectivity index (χ3v) is 2.90. The molecule has 1 N–H and O–H groups in total. The van der Waals surface area contributed by atoms with Gasteiger partial charge in [-0.3, -0.25) is 4.79 Å². The molecule has 0 amide bonds. The summed E-state index contributed by atoms with van der Waals surface area (Å²) in [7, 11) is 0. The van der Waals surface area contributed by atoms with Crippen LogP contribution in [0.1, 0.15) is 24.0 Å². The van der Waals surface area contributed by atoms with Gasteiger partial charge in [-0.25, -0.2) is 0 Å². The lowest BCUT2D eigenvalue weighted by molar-refractivity contribution is -0.127. The number of aliphatic hydroxyl groups excluding tert-OH is 1. The highest BCUT2D eigenvalue weighted by Gasteiger charge is 2.34. The first-order valence-electron chi connectivity index (χ1n) is 5.43. The van der Waals surface area contributed by atoms with Crippen LogP contribution in [0.25, 0.3) is 0 Å². The maximum atomic E-state index is 11.6. The van der Waals surface area contributed by atoms with Crippen LogP contribution < -0.4 is 0 Å². The van der Waals surface area contributed by atoms with Crippen LogP contribution in [0.3, 0.4) is 0 Å². The van der Waals surface area contributed by atoms with Gasteiger partial charge >= 0.3 is 0 Å². The Bertz CT molecular complexity index is 349. The highest BCUT2D eigenvalue weighted by molar-refractivity contribution is 5.85. The smallest absolute Gasteiger partial charge is 0.165 e. The van der Waals surface area contributed by atoms with Crippen LogP contribution in [0.4, 0.5) is 0 Å². The first-order chi connectivity index (χ1) is 7.16. The molecule has 1 saturated carbocycles. The summed E-state index contributed by atoms with van der Waals surface area (Å²) in [6.07, 6.45) is 1.63. The van der Waals surface area contributed by atoms with E-state index < -0.39 is 6.10 Å². The fourth-order valence-corrected chi connectivity index (χ4v) is 1.69. The van der Waals surface area contributed by atoms with Gasteiger partial charge in [0.15, 0.2) is 5.78 Å². The van der Waals surface area contributed by atoms with E-state index in [0.29, 0.717) is 6.42 Å². The Balaban J connectivity index is 1.95. The summed E-state index contributed by atoms with van der Waals surface area (Å²) in [6.45, 7) is 2.02. The number of rotatable bonds is 4. The Morgan fingerprint density at radius 1 is 1.40 bits per heavy atom. The third kappa shape index (κ3) is 2.66. The van der Waals surface area contributed by atoms with Gasteiger partial charge in [-0.05, 0) is 31.2 Å². The molecule has 1 aliphatic carbocycles. The van der Waals surface area contributed by atoms with Crippen LogP contribution >= 0.6 is 0 Å². The fraction of sp³-hybridized carbons (Fsp3) is 0.462. The number of hydrogen-bond donors (Lipinski definition) is 1. The monoisotopic (exact) mass is 204 g/mol. The molecular weight excluding hydrogens is 188 g/mol. The van der Waals surface area contributed by atoms with Gasteiger partial charge in [-0.2, -0.15) is 0 Å². The number of benzene rings is 1. The zero-order chi connectivity index (χ0) is 10.8. The lowest BCUT2D eigenvalue weighted by Gasteiger charge is -2.07. The van der Waals surface area contributed by atoms with Crippen LogP contribution in [0, 0.1) is 12.8 Å². The SMILES string of the molecule is Cc1ccc(CC(=O)C(O)C2CC2)cc1. The maximum absolute atomic E-state index is 11.6. The minimum absolute atomic E-state index is 0.0404. The number of aliphatic hydroxyl groups is 1. The van der Waals surface area contributed by atoms with Gasteiger partial charge in [0.05, 0.1) is 0 Å². The molecule has 0 saturated heterocycles. The van der Waals surface area contributed by atoms with Crippen molar-refractivity contribution in [3.8, 4) is 0 Å². The summed E-state index contributed by atoms with van der Waals surface area (Å²) in [6, 6.07) is 7.89. The molecule has 1 atom stereocenters. The maximum Gasteiger partial charge on any atom is 0.165 e. The standard InChI is InChI=1S/C13H16O2/c1-9-2-4-10(5-3-9)8-12(14)13(15)11-6-7-11/h2-5,11,13,15H,6-8H2,1H3. The molecule has 2 rings (SSSR count). The van der Waals surface area contributed by atoms with Crippen molar-refractivity contribution in [3.05, 3.63) is 35.4 Å². The Morgan fingerprint density at radius 3 is 2.53 bits per heavy atom. The summed E-state index contributed by atoms with van der Waals surface area (Å²) < 4.78 is 0. The predicted octanol–water partition coefficient (Wildman–Crippen LogP) is 1.88. The van der Waals surface area contributed by atoms with E-state index in [1.54, 1.807) is 0 Å². The van der Waals surface area contributed by atoms with Crippen molar-refractivity contribution in [3.63, 3.8) is 0 Å². The van der Waals surface area contributed by atoms with E-state index in [9.17, 15) is 9.90 Å². The molecule has 0 spiro atoms. The number of hydrogen-bond acceptors (Lipinski definition) is 2. The summed E-state index contributed by atoms with van der Waals surface area (Å²) in [5.74, 6) is 0.198. The number of carbonyl (C=O) groups is 1. The highest BCUT2D eigenvalue weighted by atomic mass is 16.3. The zero-order valence-corrected chi connectivity index (χ0v) is 8.94. The minimum Gasteiger partial charge on any atom is -0.385 e. The van der Waals surface area contributed by atoms with E-state index in [1.807, 2.05) is 31.2 Å². The molecule has 1 fully saturated rings. The number of Topliss-reactive ketones (excluding diaryl/α,β-unsaturated/α-hetero) is 1. The van der Waals surface area contributed by atoms with E-state index in [1.165, 1.54) is 5.56 Å². The number of ketones is 1. The van der Waals surface area contributed by atoms with Gasteiger partial charge in [0.1, 0.15) is 6.10 Å². The van der Waals surface area contributed by atoms with Crippen molar-refractivity contribution in [1.29, 1.82) is 0 Å².